The number of hydrogen-bond acceptors (Lipinski definition) is 2. The lowest BCUT2D eigenvalue weighted by atomic mass is 10.2. The molecule has 1 aromatic rings. The van der Waals surface area contributed by atoms with Crippen molar-refractivity contribution in [1.82, 2.24) is 0 Å². The van der Waals surface area contributed by atoms with Crippen LogP contribution in [0.4, 0.5) is 8.78 Å². The molecule has 0 fully saturated rings. The van der Waals surface area contributed by atoms with E-state index < -0.39 is 17.5 Å². The number of rotatable bonds is 1. The van der Waals surface area contributed by atoms with Gasteiger partial charge in [0.1, 0.15) is 0 Å². The average molecular weight is 211 g/mol. The van der Waals surface area contributed by atoms with Gasteiger partial charge in [0, 0.05) is 5.92 Å². The van der Waals surface area contributed by atoms with E-state index in [-0.39, 0.29) is 11.3 Å². The number of carbonyl (C=O) groups is 1. The highest BCUT2D eigenvalue weighted by Crippen LogP contribution is 2.21. The Morgan fingerprint density at radius 2 is 2.07 bits per heavy atom. The van der Waals surface area contributed by atoms with Crippen LogP contribution in [0.25, 0.3) is 0 Å². The smallest absolute Gasteiger partial charge is 0.293 e. The van der Waals surface area contributed by atoms with Crippen LogP contribution in [0.3, 0.4) is 0 Å². The molecule has 0 aliphatic rings. The summed E-state index contributed by atoms with van der Waals surface area (Å²) in [5.41, 5.74) is 4.49. The summed E-state index contributed by atoms with van der Waals surface area (Å²) in [7, 11) is 1.21. The average Bonchev–Trinajstić information content (AvgIpc) is 2.20. The van der Waals surface area contributed by atoms with Gasteiger partial charge >= 0.3 is 0 Å². The first-order chi connectivity index (χ1) is 7.06. The third kappa shape index (κ3) is 2.44. The topological polar surface area (TPSA) is 52.3 Å². The van der Waals surface area contributed by atoms with Crippen molar-refractivity contribution in [2.24, 2.45) is 5.73 Å². The Balaban J connectivity index is 3.20. The van der Waals surface area contributed by atoms with E-state index in [0.717, 1.165) is 0 Å². The van der Waals surface area contributed by atoms with Gasteiger partial charge in [-0.3, -0.25) is 4.79 Å². The van der Waals surface area contributed by atoms with E-state index in [2.05, 4.69) is 10.7 Å². The van der Waals surface area contributed by atoms with Crippen molar-refractivity contribution in [3.05, 3.63) is 29.3 Å². The Morgan fingerprint density at radius 3 is 2.60 bits per heavy atom. The molecule has 1 rings (SSSR count). The Hall–Kier alpha value is -2.09. The van der Waals surface area contributed by atoms with Crippen molar-refractivity contribution in [3.63, 3.8) is 0 Å². The summed E-state index contributed by atoms with van der Waals surface area (Å²) in [6.45, 7) is 0. The van der Waals surface area contributed by atoms with Gasteiger partial charge in [0.15, 0.2) is 11.6 Å². The van der Waals surface area contributed by atoms with Crippen LogP contribution < -0.4 is 10.5 Å². The summed E-state index contributed by atoms with van der Waals surface area (Å²) in [4.78, 5) is 10.3. The first-order valence-corrected chi connectivity index (χ1v) is 3.89. The maximum Gasteiger partial charge on any atom is 0.293 e. The maximum atomic E-state index is 13.2. The van der Waals surface area contributed by atoms with Crippen molar-refractivity contribution in [2.75, 3.05) is 7.11 Å². The van der Waals surface area contributed by atoms with Crippen molar-refractivity contribution in [3.8, 4) is 17.6 Å². The lowest BCUT2D eigenvalue weighted by Gasteiger charge is -2.02. The zero-order chi connectivity index (χ0) is 11.4. The largest absolute Gasteiger partial charge is 0.494 e. The Labute approximate surface area is 84.8 Å². The number of carbonyl (C=O) groups excluding carboxylic acids is 1. The minimum Gasteiger partial charge on any atom is -0.494 e. The number of hydrogen-bond donors (Lipinski definition) is 1. The predicted molar refractivity (Wildman–Crippen MR) is 49.0 cm³/mol. The molecule has 0 atom stereocenters. The second-order valence-corrected chi connectivity index (χ2v) is 2.56. The lowest BCUT2D eigenvalue weighted by molar-refractivity contribution is -0.112. The highest BCUT2D eigenvalue weighted by Gasteiger charge is 2.12. The summed E-state index contributed by atoms with van der Waals surface area (Å²) in [6, 6.07) is 2.41. The molecule has 0 aromatic heterocycles. The molecule has 0 heterocycles. The van der Waals surface area contributed by atoms with E-state index in [0.29, 0.717) is 0 Å². The monoisotopic (exact) mass is 211 g/mol. The van der Waals surface area contributed by atoms with Gasteiger partial charge in [0.05, 0.1) is 12.7 Å². The van der Waals surface area contributed by atoms with Crippen molar-refractivity contribution in [1.29, 1.82) is 0 Å². The van der Waals surface area contributed by atoms with E-state index in [9.17, 15) is 13.6 Å². The molecular formula is C10H7F2NO2. The molecule has 1 aromatic carbocycles. The predicted octanol–water partition coefficient (Wildman–Crippen LogP) is 0.810. The highest BCUT2D eigenvalue weighted by molar-refractivity contribution is 5.92. The molecule has 0 saturated heterocycles. The number of methoxy groups -OCH3 is 1. The zero-order valence-corrected chi connectivity index (χ0v) is 7.80. The second kappa shape index (κ2) is 4.42. The van der Waals surface area contributed by atoms with Gasteiger partial charge in [-0.2, -0.15) is 4.39 Å². The maximum absolute atomic E-state index is 13.2. The normalized spacial score (nSPS) is 9.00. The summed E-state index contributed by atoms with van der Waals surface area (Å²) < 4.78 is 30.8. The van der Waals surface area contributed by atoms with Gasteiger partial charge in [0.25, 0.3) is 5.91 Å². The molecule has 2 N–H and O–H groups in total. The molecule has 0 unspecified atom stereocenters. The standard InChI is InChI=1S/C10H7F2NO2/c1-15-7-4-2-6(3-5-8(13)14)9(11)10(7)12/h2,4H,1H3,(H2,13,14). The quantitative estimate of drug-likeness (QED) is 0.699. The minimum absolute atomic E-state index is 0.225. The number of primary amides is 1. The van der Waals surface area contributed by atoms with Gasteiger partial charge in [-0.25, -0.2) is 4.39 Å². The lowest BCUT2D eigenvalue weighted by Crippen LogP contribution is -2.06. The number of halogens is 2. The van der Waals surface area contributed by atoms with Crippen molar-refractivity contribution in [2.45, 2.75) is 0 Å². The molecule has 5 heteroatoms. The third-order valence-electron chi connectivity index (χ3n) is 1.59. The van der Waals surface area contributed by atoms with Crippen LogP contribution in [-0.4, -0.2) is 13.0 Å². The number of amides is 1. The Kier molecular flexibility index (Phi) is 3.24. The molecule has 0 spiro atoms. The van der Waals surface area contributed by atoms with Crippen LogP contribution in [0, 0.1) is 23.5 Å². The molecular weight excluding hydrogens is 204 g/mol. The molecule has 0 radical (unpaired) electrons. The molecule has 78 valence electrons. The molecule has 15 heavy (non-hydrogen) atoms. The van der Waals surface area contributed by atoms with E-state index in [1.54, 1.807) is 0 Å². The number of nitrogens with two attached hydrogens (primary N) is 1. The summed E-state index contributed by atoms with van der Waals surface area (Å²) in [5, 5.41) is 0. The van der Waals surface area contributed by atoms with Crippen LogP contribution in [-0.2, 0) is 4.79 Å². The first-order valence-electron chi connectivity index (χ1n) is 3.89. The first kappa shape index (κ1) is 11.0. The van der Waals surface area contributed by atoms with E-state index in [1.165, 1.54) is 19.2 Å². The Bertz CT molecular complexity index is 460. The number of ether oxygens (including phenoxy) is 1. The van der Waals surface area contributed by atoms with Crippen LogP contribution in [0.5, 0.6) is 5.75 Å². The fourth-order valence-corrected chi connectivity index (χ4v) is 0.915. The highest BCUT2D eigenvalue weighted by atomic mass is 19.2. The molecule has 0 saturated carbocycles. The molecule has 1 amide bonds. The SMILES string of the molecule is COc1ccc(C#CC(N)=O)c(F)c1F. The fraction of sp³-hybridized carbons (Fsp3) is 0.100. The van der Waals surface area contributed by atoms with E-state index in [4.69, 9.17) is 5.73 Å². The van der Waals surface area contributed by atoms with Crippen LogP contribution in [0.2, 0.25) is 0 Å². The Morgan fingerprint density at radius 1 is 1.40 bits per heavy atom. The third-order valence-corrected chi connectivity index (χ3v) is 1.59. The van der Waals surface area contributed by atoms with Crippen molar-refractivity contribution < 1.29 is 18.3 Å². The van der Waals surface area contributed by atoms with Gasteiger partial charge in [0.2, 0.25) is 5.82 Å². The zero-order valence-electron chi connectivity index (χ0n) is 7.80. The van der Waals surface area contributed by atoms with Gasteiger partial charge in [-0.1, -0.05) is 5.92 Å². The molecule has 0 bridgehead atoms. The summed E-state index contributed by atoms with van der Waals surface area (Å²) >= 11 is 0. The van der Waals surface area contributed by atoms with Crippen LogP contribution >= 0.6 is 0 Å². The van der Waals surface area contributed by atoms with Gasteiger partial charge in [-0.05, 0) is 12.1 Å². The van der Waals surface area contributed by atoms with Crippen LogP contribution in [0.15, 0.2) is 12.1 Å². The molecule has 0 aliphatic heterocycles. The van der Waals surface area contributed by atoms with Gasteiger partial charge in [-0.15, -0.1) is 0 Å². The summed E-state index contributed by atoms with van der Waals surface area (Å²) in [5.74, 6) is 0.573. The second-order valence-electron chi connectivity index (χ2n) is 2.56. The molecule has 3 nitrogen and oxygen atoms in total. The van der Waals surface area contributed by atoms with E-state index >= 15 is 0 Å². The van der Waals surface area contributed by atoms with E-state index in [1.807, 2.05) is 5.92 Å². The van der Waals surface area contributed by atoms with Crippen LogP contribution in [0.1, 0.15) is 5.56 Å². The molecule has 0 aliphatic carbocycles. The van der Waals surface area contributed by atoms with Crippen molar-refractivity contribution >= 4 is 5.91 Å². The fourth-order valence-electron chi connectivity index (χ4n) is 0.915. The summed E-state index contributed by atoms with van der Waals surface area (Å²) in [6.07, 6.45) is 0. The minimum atomic E-state index is -1.16. The van der Waals surface area contributed by atoms with Gasteiger partial charge < -0.3 is 10.5 Å². The number of benzene rings is 1.